The molecule has 78 valence electrons. The Morgan fingerprint density at radius 2 is 1.62 bits per heavy atom. The van der Waals surface area contributed by atoms with Gasteiger partial charge < -0.3 is 0 Å². The van der Waals surface area contributed by atoms with Gasteiger partial charge in [0, 0.05) is 5.56 Å². The fourth-order valence-electron chi connectivity index (χ4n) is 1.95. The summed E-state index contributed by atoms with van der Waals surface area (Å²) >= 11 is 5.33. The summed E-state index contributed by atoms with van der Waals surface area (Å²) in [5.74, 6) is 0. The van der Waals surface area contributed by atoms with Crippen LogP contribution >= 0.6 is 27.3 Å². The second-order valence-corrected chi connectivity index (χ2v) is 5.87. The van der Waals surface area contributed by atoms with E-state index in [1.165, 1.54) is 25.7 Å². The molecule has 0 spiro atoms. The van der Waals surface area contributed by atoms with Crippen LogP contribution in [0.15, 0.2) is 57.7 Å². The highest BCUT2D eigenvalue weighted by Crippen LogP contribution is 2.36. The molecule has 0 N–H and O–H groups in total. The van der Waals surface area contributed by atoms with Gasteiger partial charge in [0.05, 0.1) is 3.79 Å². The molecule has 0 saturated heterocycles. The number of halogens is 1. The van der Waals surface area contributed by atoms with E-state index in [1.807, 2.05) is 0 Å². The first-order valence-electron chi connectivity index (χ1n) is 5.07. The molecule has 1 heterocycles. The van der Waals surface area contributed by atoms with Crippen LogP contribution in [-0.2, 0) is 0 Å². The maximum Gasteiger partial charge on any atom is 0.0776 e. The zero-order valence-electron chi connectivity index (χ0n) is 8.48. The Balaban J connectivity index is 2.36. The third kappa shape index (κ3) is 1.58. The maximum atomic E-state index is 3.61. The van der Waals surface area contributed by atoms with Gasteiger partial charge in [-0.25, -0.2) is 0 Å². The van der Waals surface area contributed by atoms with E-state index in [0.717, 1.165) is 0 Å². The Hall–Kier alpha value is -1.12. The molecule has 0 aliphatic carbocycles. The van der Waals surface area contributed by atoms with Crippen molar-refractivity contribution < 1.29 is 0 Å². The highest BCUT2D eigenvalue weighted by molar-refractivity contribution is 9.11. The van der Waals surface area contributed by atoms with Crippen molar-refractivity contribution in [3.8, 4) is 11.1 Å². The van der Waals surface area contributed by atoms with E-state index in [2.05, 4.69) is 69.8 Å². The molecule has 3 aromatic rings. The molecule has 0 saturated carbocycles. The molecule has 2 heteroatoms. The number of benzene rings is 2. The second-order valence-electron chi connectivity index (χ2n) is 3.63. The van der Waals surface area contributed by atoms with E-state index in [9.17, 15) is 0 Å². The van der Waals surface area contributed by atoms with Crippen LogP contribution in [0.5, 0.6) is 0 Å². The Bertz CT molecular complexity index is 635. The molecule has 0 radical (unpaired) electrons. The topological polar surface area (TPSA) is 0 Å². The molecular formula is C14H9BrS. The minimum absolute atomic E-state index is 1.20. The summed E-state index contributed by atoms with van der Waals surface area (Å²) in [5.41, 5.74) is 2.58. The summed E-state index contributed by atoms with van der Waals surface area (Å²) < 4.78 is 1.20. The number of hydrogen-bond acceptors (Lipinski definition) is 1. The zero-order chi connectivity index (χ0) is 11.0. The first-order valence-corrected chi connectivity index (χ1v) is 6.74. The fourth-order valence-corrected chi connectivity index (χ4v) is 3.24. The lowest BCUT2D eigenvalue weighted by molar-refractivity contribution is 1.71. The molecule has 0 amide bonds. The zero-order valence-corrected chi connectivity index (χ0v) is 10.9. The van der Waals surface area contributed by atoms with Crippen LogP contribution in [0.4, 0.5) is 0 Å². The first-order chi connectivity index (χ1) is 7.86. The van der Waals surface area contributed by atoms with Gasteiger partial charge in [-0.15, -0.1) is 11.3 Å². The van der Waals surface area contributed by atoms with Crippen LogP contribution in [0, 0.1) is 0 Å². The average molecular weight is 289 g/mol. The predicted octanol–water partition coefficient (Wildman–Crippen LogP) is 5.33. The minimum Gasteiger partial charge on any atom is -0.136 e. The summed E-state index contributed by atoms with van der Waals surface area (Å²) in [4.78, 5) is 0. The largest absolute Gasteiger partial charge is 0.136 e. The van der Waals surface area contributed by atoms with Gasteiger partial charge in [-0.3, -0.25) is 0 Å². The quantitative estimate of drug-likeness (QED) is 0.568. The number of hydrogen-bond donors (Lipinski definition) is 0. The predicted molar refractivity (Wildman–Crippen MR) is 75.0 cm³/mol. The summed E-state index contributed by atoms with van der Waals surface area (Å²) in [7, 11) is 0. The second kappa shape index (κ2) is 4.04. The smallest absolute Gasteiger partial charge is 0.0776 e. The molecule has 0 aliphatic heterocycles. The molecule has 0 nitrogen and oxygen atoms in total. The third-order valence-electron chi connectivity index (χ3n) is 2.70. The molecule has 16 heavy (non-hydrogen) atoms. The first kappa shape index (κ1) is 10.1. The van der Waals surface area contributed by atoms with Gasteiger partial charge in [-0.1, -0.05) is 42.5 Å². The Labute approximate surface area is 107 Å². The fraction of sp³-hybridized carbons (Fsp3) is 0. The normalized spacial score (nSPS) is 10.8. The summed E-state index contributed by atoms with van der Waals surface area (Å²) in [5, 5.41) is 4.71. The maximum absolute atomic E-state index is 3.61. The van der Waals surface area contributed by atoms with E-state index in [4.69, 9.17) is 0 Å². The van der Waals surface area contributed by atoms with Crippen molar-refractivity contribution in [1.29, 1.82) is 0 Å². The van der Waals surface area contributed by atoms with Crippen molar-refractivity contribution in [1.82, 2.24) is 0 Å². The van der Waals surface area contributed by atoms with Crippen LogP contribution in [0.2, 0.25) is 0 Å². The van der Waals surface area contributed by atoms with E-state index in [0.29, 0.717) is 0 Å². The minimum atomic E-state index is 1.20. The van der Waals surface area contributed by atoms with Crippen LogP contribution in [-0.4, -0.2) is 0 Å². The van der Waals surface area contributed by atoms with Crippen molar-refractivity contribution in [2.75, 3.05) is 0 Å². The van der Waals surface area contributed by atoms with Crippen molar-refractivity contribution in [3.05, 3.63) is 57.7 Å². The van der Waals surface area contributed by atoms with E-state index >= 15 is 0 Å². The van der Waals surface area contributed by atoms with Gasteiger partial charge in [-0.2, -0.15) is 0 Å². The van der Waals surface area contributed by atoms with E-state index in [1.54, 1.807) is 11.3 Å². The monoisotopic (exact) mass is 288 g/mol. The highest BCUT2D eigenvalue weighted by atomic mass is 79.9. The Kier molecular flexibility index (Phi) is 2.54. The summed E-state index contributed by atoms with van der Waals surface area (Å²) in [6.07, 6.45) is 0. The lowest BCUT2D eigenvalue weighted by atomic mass is 10.0. The highest BCUT2D eigenvalue weighted by Gasteiger charge is 2.07. The molecule has 0 unspecified atom stereocenters. The lowest BCUT2D eigenvalue weighted by Crippen LogP contribution is -1.78. The van der Waals surface area contributed by atoms with Crippen LogP contribution < -0.4 is 0 Å². The number of thiophene rings is 1. The Morgan fingerprint density at radius 3 is 2.44 bits per heavy atom. The van der Waals surface area contributed by atoms with Gasteiger partial charge in [0.15, 0.2) is 0 Å². The number of rotatable bonds is 1. The SMILES string of the molecule is Brc1sccc1-c1cccc2ccccc12. The molecule has 3 rings (SSSR count). The molecule has 0 fully saturated rings. The van der Waals surface area contributed by atoms with Gasteiger partial charge in [0.2, 0.25) is 0 Å². The third-order valence-corrected chi connectivity index (χ3v) is 4.38. The van der Waals surface area contributed by atoms with Crippen molar-refractivity contribution in [2.45, 2.75) is 0 Å². The van der Waals surface area contributed by atoms with E-state index in [-0.39, 0.29) is 0 Å². The van der Waals surface area contributed by atoms with Gasteiger partial charge in [0.25, 0.3) is 0 Å². The summed E-state index contributed by atoms with van der Waals surface area (Å²) in [6.45, 7) is 0. The van der Waals surface area contributed by atoms with Crippen molar-refractivity contribution in [2.24, 2.45) is 0 Å². The van der Waals surface area contributed by atoms with Gasteiger partial charge in [-0.05, 0) is 43.7 Å². The van der Waals surface area contributed by atoms with E-state index < -0.39 is 0 Å². The standard InChI is InChI=1S/C14H9BrS/c15-14-13(8-9-16-14)12-7-3-5-10-4-1-2-6-11(10)12/h1-9H. The van der Waals surface area contributed by atoms with Crippen molar-refractivity contribution in [3.63, 3.8) is 0 Å². The van der Waals surface area contributed by atoms with Gasteiger partial charge >= 0.3 is 0 Å². The van der Waals surface area contributed by atoms with Crippen LogP contribution in [0.3, 0.4) is 0 Å². The van der Waals surface area contributed by atoms with Crippen molar-refractivity contribution >= 4 is 38.0 Å². The Morgan fingerprint density at radius 1 is 0.812 bits per heavy atom. The van der Waals surface area contributed by atoms with Gasteiger partial charge in [0.1, 0.15) is 0 Å². The molecule has 2 aromatic carbocycles. The molecular weight excluding hydrogens is 280 g/mol. The lowest BCUT2D eigenvalue weighted by Gasteiger charge is -2.05. The molecule has 1 aromatic heterocycles. The molecule has 0 aliphatic rings. The molecule has 0 bridgehead atoms. The summed E-state index contributed by atoms with van der Waals surface area (Å²) in [6, 6.07) is 17.1. The van der Waals surface area contributed by atoms with Crippen LogP contribution in [0.1, 0.15) is 0 Å². The molecule has 0 atom stereocenters. The van der Waals surface area contributed by atoms with Crippen LogP contribution in [0.25, 0.3) is 21.9 Å². The number of fused-ring (bicyclic) bond motifs is 1. The average Bonchev–Trinajstić information content (AvgIpc) is 2.75.